The van der Waals surface area contributed by atoms with Gasteiger partial charge in [-0.15, -0.1) is 0 Å². The van der Waals surface area contributed by atoms with Gasteiger partial charge in [-0.25, -0.2) is 0 Å². The van der Waals surface area contributed by atoms with Crippen molar-refractivity contribution in [2.24, 2.45) is 5.41 Å². The number of ether oxygens (including phenoxy) is 1. The molecule has 1 fully saturated rings. The van der Waals surface area contributed by atoms with Crippen LogP contribution in [0.1, 0.15) is 25.7 Å². The molecule has 0 aromatic carbocycles. The second-order valence-corrected chi connectivity index (χ2v) is 4.20. The number of amides is 1. The van der Waals surface area contributed by atoms with Crippen LogP contribution in [0.2, 0.25) is 0 Å². The minimum absolute atomic E-state index is 0.203. The first-order valence-corrected chi connectivity index (χ1v) is 5.51. The Kier molecular flexibility index (Phi) is 4.71. The maximum Gasteiger partial charge on any atom is 0.240 e. The first-order chi connectivity index (χ1) is 7.64. The van der Waals surface area contributed by atoms with Crippen LogP contribution in [0.4, 0.5) is 0 Å². The third-order valence-electron chi connectivity index (χ3n) is 2.98. The summed E-state index contributed by atoms with van der Waals surface area (Å²) < 4.78 is 4.77. The van der Waals surface area contributed by atoms with Gasteiger partial charge in [-0.1, -0.05) is 0 Å². The van der Waals surface area contributed by atoms with Crippen LogP contribution >= 0.6 is 0 Å². The summed E-state index contributed by atoms with van der Waals surface area (Å²) in [6.45, 7) is 0.645. The highest BCUT2D eigenvalue weighted by molar-refractivity contribution is 5.86. The monoisotopic (exact) mass is 226 g/mol. The van der Waals surface area contributed by atoms with E-state index in [0.717, 1.165) is 6.42 Å². The van der Waals surface area contributed by atoms with Crippen LogP contribution in [0, 0.1) is 16.7 Å². The van der Waals surface area contributed by atoms with Crippen molar-refractivity contribution < 1.29 is 14.6 Å². The van der Waals surface area contributed by atoms with Gasteiger partial charge in [0, 0.05) is 13.7 Å². The van der Waals surface area contributed by atoms with Gasteiger partial charge < -0.3 is 15.2 Å². The predicted octanol–water partition coefficient (Wildman–Crippen LogP) is 0.194. The first kappa shape index (κ1) is 12.9. The Labute approximate surface area is 95.4 Å². The molecule has 0 aromatic rings. The largest absolute Gasteiger partial charge is 0.391 e. The second-order valence-electron chi connectivity index (χ2n) is 4.20. The molecule has 0 radical (unpaired) electrons. The number of aliphatic hydroxyl groups excluding tert-OH is 1. The predicted molar refractivity (Wildman–Crippen MR) is 57.4 cm³/mol. The number of rotatable bonds is 6. The number of nitrogens with zero attached hydrogens (tertiary/aromatic N) is 1. The zero-order valence-corrected chi connectivity index (χ0v) is 9.53. The molecule has 0 spiro atoms. The van der Waals surface area contributed by atoms with E-state index < -0.39 is 11.5 Å². The lowest BCUT2D eigenvalue weighted by molar-refractivity contribution is -0.131. The molecule has 5 nitrogen and oxygen atoms in total. The average molecular weight is 226 g/mol. The molecule has 0 aromatic heterocycles. The van der Waals surface area contributed by atoms with Crippen molar-refractivity contribution in [3.8, 4) is 6.07 Å². The summed E-state index contributed by atoms with van der Waals surface area (Å²) in [5.41, 5.74) is -0.799. The number of carbonyl (C=O) groups is 1. The summed E-state index contributed by atoms with van der Waals surface area (Å²) in [6, 6.07) is 2.08. The Hall–Kier alpha value is -1.12. The molecule has 0 heterocycles. The molecule has 0 bridgehead atoms. The van der Waals surface area contributed by atoms with Crippen molar-refractivity contribution in [2.45, 2.75) is 31.8 Å². The molecule has 0 saturated heterocycles. The number of carbonyl (C=O) groups excluding carboxylic acids is 1. The van der Waals surface area contributed by atoms with Crippen LogP contribution in [0.3, 0.4) is 0 Å². The summed E-state index contributed by atoms with van der Waals surface area (Å²) in [5, 5.41) is 21.0. The molecule has 1 unspecified atom stereocenters. The lowest BCUT2D eigenvalue weighted by Gasteiger charge is -2.33. The van der Waals surface area contributed by atoms with Gasteiger partial charge in [0.05, 0.1) is 18.8 Å². The van der Waals surface area contributed by atoms with Gasteiger partial charge in [0.25, 0.3) is 0 Å². The molecule has 1 atom stereocenters. The highest BCUT2D eigenvalue weighted by Gasteiger charge is 2.44. The highest BCUT2D eigenvalue weighted by Crippen LogP contribution is 2.40. The molecule has 1 aliphatic carbocycles. The maximum atomic E-state index is 11.7. The van der Waals surface area contributed by atoms with E-state index in [1.807, 2.05) is 0 Å². The Morgan fingerprint density at radius 2 is 2.38 bits per heavy atom. The van der Waals surface area contributed by atoms with Crippen molar-refractivity contribution in [3.63, 3.8) is 0 Å². The van der Waals surface area contributed by atoms with E-state index in [1.165, 1.54) is 7.11 Å². The Morgan fingerprint density at radius 1 is 1.69 bits per heavy atom. The number of hydrogen-bond acceptors (Lipinski definition) is 4. The van der Waals surface area contributed by atoms with Crippen molar-refractivity contribution >= 4 is 5.91 Å². The summed E-state index contributed by atoms with van der Waals surface area (Å²) in [6.07, 6.45) is 2.12. The van der Waals surface area contributed by atoms with Crippen LogP contribution in [0.15, 0.2) is 0 Å². The van der Waals surface area contributed by atoms with Gasteiger partial charge in [0.2, 0.25) is 5.91 Å². The Bertz CT molecular complexity index is 281. The number of hydrogen-bond donors (Lipinski definition) is 2. The molecule has 1 rings (SSSR count). The van der Waals surface area contributed by atoms with Crippen molar-refractivity contribution in [3.05, 3.63) is 0 Å². The summed E-state index contributed by atoms with van der Waals surface area (Å²) >= 11 is 0. The Balaban J connectivity index is 2.23. The van der Waals surface area contributed by atoms with Crippen molar-refractivity contribution in [1.29, 1.82) is 5.26 Å². The van der Waals surface area contributed by atoms with E-state index in [9.17, 15) is 9.90 Å². The van der Waals surface area contributed by atoms with E-state index in [4.69, 9.17) is 10.00 Å². The lowest BCUT2D eigenvalue weighted by Crippen LogP contribution is -2.45. The molecule has 2 N–H and O–H groups in total. The van der Waals surface area contributed by atoms with Crippen LogP contribution < -0.4 is 5.32 Å². The van der Waals surface area contributed by atoms with Gasteiger partial charge in [0.1, 0.15) is 5.41 Å². The normalized spacial score (nSPS) is 19.3. The van der Waals surface area contributed by atoms with Crippen LogP contribution in [-0.2, 0) is 9.53 Å². The zero-order chi connectivity index (χ0) is 12.0. The zero-order valence-electron chi connectivity index (χ0n) is 9.53. The Morgan fingerprint density at radius 3 is 2.81 bits per heavy atom. The first-order valence-electron chi connectivity index (χ1n) is 5.51. The number of nitriles is 1. The molecule has 1 aliphatic rings. The summed E-state index contributed by atoms with van der Waals surface area (Å²) in [4.78, 5) is 11.7. The molecule has 0 aliphatic heterocycles. The third-order valence-corrected chi connectivity index (χ3v) is 2.98. The fraction of sp³-hybridized carbons (Fsp3) is 0.818. The van der Waals surface area contributed by atoms with Crippen LogP contribution in [0.5, 0.6) is 0 Å². The van der Waals surface area contributed by atoms with Gasteiger partial charge in [-0.2, -0.15) is 5.26 Å². The SMILES string of the molecule is COCC(O)CCNC(=O)C1(C#N)CCC1. The summed E-state index contributed by atoms with van der Waals surface area (Å²) in [7, 11) is 1.51. The van der Waals surface area contributed by atoms with E-state index in [1.54, 1.807) is 0 Å². The van der Waals surface area contributed by atoms with Crippen LogP contribution in [0.25, 0.3) is 0 Å². The highest BCUT2D eigenvalue weighted by atomic mass is 16.5. The summed E-state index contributed by atoms with van der Waals surface area (Å²) in [5.74, 6) is -0.203. The molecule has 5 heteroatoms. The molecule has 90 valence electrons. The van der Waals surface area contributed by atoms with Crippen molar-refractivity contribution in [2.75, 3.05) is 20.3 Å². The van der Waals surface area contributed by atoms with Gasteiger partial charge >= 0.3 is 0 Å². The molecule has 1 saturated carbocycles. The van der Waals surface area contributed by atoms with E-state index >= 15 is 0 Å². The topological polar surface area (TPSA) is 82.3 Å². The lowest BCUT2D eigenvalue weighted by atomic mass is 9.69. The molecular weight excluding hydrogens is 208 g/mol. The molecular formula is C11H18N2O3. The number of methoxy groups -OCH3 is 1. The van der Waals surface area contributed by atoms with Gasteiger partial charge in [-0.3, -0.25) is 4.79 Å². The fourth-order valence-electron chi connectivity index (χ4n) is 1.72. The minimum atomic E-state index is -0.799. The van der Waals surface area contributed by atoms with Gasteiger partial charge in [-0.05, 0) is 25.7 Å². The molecule has 1 amide bonds. The fourth-order valence-corrected chi connectivity index (χ4v) is 1.72. The van der Waals surface area contributed by atoms with E-state index in [-0.39, 0.29) is 12.5 Å². The maximum absolute atomic E-state index is 11.7. The number of aliphatic hydroxyl groups is 1. The average Bonchev–Trinajstić information content (AvgIpc) is 2.17. The van der Waals surface area contributed by atoms with E-state index in [0.29, 0.717) is 25.8 Å². The third kappa shape index (κ3) is 2.94. The quantitative estimate of drug-likeness (QED) is 0.677. The number of nitrogens with one attached hydrogen (secondary N) is 1. The smallest absolute Gasteiger partial charge is 0.240 e. The molecule has 16 heavy (non-hydrogen) atoms. The minimum Gasteiger partial charge on any atom is -0.391 e. The van der Waals surface area contributed by atoms with Crippen LogP contribution in [-0.4, -0.2) is 37.4 Å². The van der Waals surface area contributed by atoms with Gasteiger partial charge in [0.15, 0.2) is 0 Å². The second kappa shape index (κ2) is 5.83. The standard InChI is InChI=1S/C11H18N2O3/c1-16-7-9(14)3-6-13-10(15)11(8-12)4-2-5-11/h9,14H,2-7H2,1H3,(H,13,15). The van der Waals surface area contributed by atoms with Crippen molar-refractivity contribution in [1.82, 2.24) is 5.32 Å². The van der Waals surface area contributed by atoms with E-state index in [2.05, 4.69) is 11.4 Å².